The normalized spacial score (nSPS) is 27.9. The van der Waals surface area contributed by atoms with Crippen LogP contribution in [0.4, 0.5) is 8.78 Å². The summed E-state index contributed by atoms with van der Waals surface area (Å²) in [5.41, 5.74) is 0.331. The standard InChI is InChI=1S/C10H19F2N/c1-10(2)5-3-4-8(6-10)13-7-9(11)12/h8-9,13H,3-7H2,1-2H3. The van der Waals surface area contributed by atoms with E-state index in [0.717, 1.165) is 19.3 Å². The van der Waals surface area contributed by atoms with E-state index >= 15 is 0 Å². The molecule has 0 saturated heterocycles. The average Bonchev–Trinajstić information content (AvgIpc) is 1.99. The third-order valence-electron chi connectivity index (χ3n) is 2.77. The highest BCUT2D eigenvalue weighted by Gasteiger charge is 2.27. The minimum Gasteiger partial charge on any atom is -0.309 e. The van der Waals surface area contributed by atoms with E-state index in [0.29, 0.717) is 11.5 Å². The number of rotatable bonds is 3. The molecule has 1 unspecified atom stereocenters. The van der Waals surface area contributed by atoms with Gasteiger partial charge in [0.05, 0.1) is 6.54 Å². The minimum absolute atomic E-state index is 0.152. The van der Waals surface area contributed by atoms with Crippen LogP contribution in [0.3, 0.4) is 0 Å². The van der Waals surface area contributed by atoms with E-state index in [9.17, 15) is 8.78 Å². The van der Waals surface area contributed by atoms with Crippen LogP contribution >= 0.6 is 0 Å². The van der Waals surface area contributed by atoms with Gasteiger partial charge in [-0.15, -0.1) is 0 Å². The van der Waals surface area contributed by atoms with Crippen LogP contribution in [0.15, 0.2) is 0 Å². The number of hydrogen-bond donors (Lipinski definition) is 1. The largest absolute Gasteiger partial charge is 0.309 e. The van der Waals surface area contributed by atoms with Gasteiger partial charge in [-0.2, -0.15) is 0 Å². The van der Waals surface area contributed by atoms with Crippen molar-refractivity contribution in [1.29, 1.82) is 0 Å². The second-order valence-electron chi connectivity index (χ2n) is 4.76. The monoisotopic (exact) mass is 191 g/mol. The molecule has 1 rings (SSSR count). The predicted octanol–water partition coefficient (Wildman–Crippen LogP) is 2.81. The lowest BCUT2D eigenvalue weighted by molar-refractivity contribution is 0.125. The van der Waals surface area contributed by atoms with Crippen molar-refractivity contribution < 1.29 is 8.78 Å². The van der Waals surface area contributed by atoms with Gasteiger partial charge in [0, 0.05) is 6.04 Å². The molecular formula is C10H19F2N. The van der Waals surface area contributed by atoms with Crippen molar-refractivity contribution in [1.82, 2.24) is 5.32 Å². The third-order valence-corrected chi connectivity index (χ3v) is 2.77. The van der Waals surface area contributed by atoms with Gasteiger partial charge in [-0.3, -0.25) is 0 Å². The fourth-order valence-corrected chi connectivity index (χ4v) is 2.13. The smallest absolute Gasteiger partial charge is 0.250 e. The molecule has 0 aromatic rings. The molecule has 13 heavy (non-hydrogen) atoms. The molecule has 0 amide bonds. The lowest BCUT2D eigenvalue weighted by Crippen LogP contribution is -2.39. The van der Waals surface area contributed by atoms with E-state index < -0.39 is 6.43 Å². The summed E-state index contributed by atoms with van der Waals surface area (Å²) < 4.78 is 23.8. The maximum absolute atomic E-state index is 11.9. The van der Waals surface area contributed by atoms with Crippen LogP contribution in [-0.4, -0.2) is 19.0 Å². The molecule has 78 valence electrons. The van der Waals surface area contributed by atoms with Crippen molar-refractivity contribution >= 4 is 0 Å². The van der Waals surface area contributed by atoms with Gasteiger partial charge in [-0.1, -0.05) is 20.3 Å². The van der Waals surface area contributed by atoms with Gasteiger partial charge in [0.1, 0.15) is 0 Å². The SMILES string of the molecule is CC1(C)CCCC(NCC(F)F)C1. The number of halogens is 2. The van der Waals surface area contributed by atoms with Crippen LogP contribution < -0.4 is 5.32 Å². The fraction of sp³-hybridized carbons (Fsp3) is 1.00. The Morgan fingerprint density at radius 1 is 1.46 bits per heavy atom. The predicted molar refractivity (Wildman–Crippen MR) is 50.0 cm³/mol. The summed E-state index contributed by atoms with van der Waals surface area (Å²) >= 11 is 0. The van der Waals surface area contributed by atoms with Crippen LogP contribution in [-0.2, 0) is 0 Å². The molecule has 0 radical (unpaired) electrons. The molecule has 0 bridgehead atoms. The van der Waals surface area contributed by atoms with Gasteiger partial charge in [0.15, 0.2) is 0 Å². The van der Waals surface area contributed by atoms with Crippen molar-refractivity contribution in [3.8, 4) is 0 Å². The first-order valence-electron chi connectivity index (χ1n) is 5.01. The van der Waals surface area contributed by atoms with Gasteiger partial charge < -0.3 is 5.32 Å². The number of alkyl halides is 2. The Balaban J connectivity index is 2.26. The minimum atomic E-state index is -2.22. The van der Waals surface area contributed by atoms with E-state index in [1.165, 1.54) is 6.42 Å². The Bertz CT molecular complexity index is 157. The zero-order chi connectivity index (χ0) is 9.90. The van der Waals surface area contributed by atoms with Crippen molar-refractivity contribution in [3.63, 3.8) is 0 Å². The van der Waals surface area contributed by atoms with Crippen LogP contribution in [0.25, 0.3) is 0 Å². The molecule has 0 aromatic carbocycles. The second-order valence-corrected chi connectivity index (χ2v) is 4.76. The van der Waals surface area contributed by atoms with Gasteiger partial charge in [-0.05, 0) is 24.7 Å². The molecule has 1 nitrogen and oxygen atoms in total. The highest BCUT2D eigenvalue weighted by Crippen LogP contribution is 2.34. The second kappa shape index (κ2) is 4.36. The number of nitrogens with one attached hydrogen (secondary N) is 1. The average molecular weight is 191 g/mol. The molecule has 0 aromatic heterocycles. The van der Waals surface area contributed by atoms with Gasteiger partial charge in [0.2, 0.25) is 0 Å². The molecule has 1 saturated carbocycles. The third kappa shape index (κ3) is 4.03. The summed E-state index contributed by atoms with van der Waals surface area (Å²) in [6.45, 7) is 4.27. The Kier molecular flexibility index (Phi) is 3.65. The van der Waals surface area contributed by atoms with E-state index in [2.05, 4.69) is 19.2 Å². The van der Waals surface area contributed by atoms with Crippen molar-refractivity contribution in [2.75, 3.05) is 6.54 Å². The topological polar surface area (TPSA) is 12.0 Å². The summed E-state index contributed by atoms with van der Waals surface area (Å²) in [5.74, 6) is 0. The van der Waals surface area contributed by atoms with Gasteiger partial charge in [-0.25, -0.2) is 8.78 Å². The maximum Gasteiger partial charge on any atom is 0.250 e. The van der Waals surface area contributed by atoms with Gasteiger partial charge in [0.25, 0.3) is 6.43 Å². The number of hydrogen-bond acceptors (Lipinski definition) is 1. The van der Waals surface area contributed by atoms with E-state index in [1.54, 1.807) is 0 Å². The summed E-state index contributed by atoms with van der Waals surface area (Å²) in [7, 11) is 0. The highest BCUT2D eigenvalue weighted by molar-refractivity contribution is 4.83. The first-order valence-corrected chi connectivity index (χ1v) is 5.01. The molecule has 0 heterocycles. The van der Waals surface area contributed by atoms with Crippen LogP contribution in [0, 0.1) is 5.41 Å². The first kappa shape index (κ1) is 10.9. The summed E-state index contributed by atoms with van der Waals surface area (Å²) in [5, 5.41) is 2.93. The molecule has 1 aliphatic rings. The highest BCUT2D eigenvalue weighted by atomic mass is 19.3. The maximum atomic E-state index is 11.9. The quantitative estimate of drug-likeness (QED) is 0.723. The Morgan fingerprint density at radius 3 is 2.69 bits per heavy atom. The molecule has 0 spiro atoms. The molecule has 0 aliphatic heterocycles. The zero-order valence-corrected chi connectivity index (χ0v) is 8.45. The van der Waals surface area contributed by atoms with Crippen LogP contribution in [0.2, 0.25) is 0 Å². The Morgan fingerprint density at radius 2 is 2.15 bits per heavy atom. The lowest BCUT2D eigenvalue weighted by Gasteiger charge is -2.35. The summed E-state index contributed by atoms with van der Waals surface area (Å²) in [6.07, 6.45) is 2.24. The summed E-state index contributed by atoms with van der Waals surface area (Å²) in [6, 6.07) is 0.303. The van der Waals surface area contributed by atoms with E-state index in [1.807, 2.05) is 0 Å². The van der Waals surface area contributed by atoms with Crippen molar-refractivity contribution in [2.24, 2.45) is 5.41 Å². The fourth-order valence-electron chi connectivity index (χ4n) is 2.13. The lowest BCUT2D eigenvalue weighted by atomic mass is 9.75. The first-order chi connectivity index (χ1) is 5.99. The van der Waals surface area contributed by atoms with Crippen LogP contribution in [0.5, 0.6) is 0 Å². The van der Waals surface area contributed by atoms with Gasteiger partial charge >= 0.3 is 0 Å². The molecule has 1 fully saturated rings. The molecule has 3 heteroatoms. The zero-order valence-electron chi connectivity index (χ0n) is 8.45. The summed E-state index contributed by atoms with van der Waals surface area (Å²) in [4.78, 5) is 0. The Hall–Kier alpha value is -0.180. The van der Waals surface area contributed by atoms with Crippen molar-refractivity contribution in [2.45, 2.75) is 52.0 Å². The van der Waals surface area contributed by atoms with Crippen LogP contribution in [0.1, 0.15) is 39.5 Å². The molecule has 1 aliphatic carbocycles. The van der Waals surface area contributed by atoms with E-state index in [4.69, 9.17) is 0 Å². The van der Waals surface area contributed by atoms with Crippen molar-refractivity contribution in [3.05, 3.63) is 0 Å². The van der Waals surface area contributed by atoms with E-state index in [-0.39, 0.29) is 6.54 Å². The molecular weight excluding hydrogens is 172 g/mol. The Labute approximate surface area is 78.9 Å². The molecule has 1 N–H and O–H groups in total. The molecule has 1 atom stereocenters.